The maximum Gasteiger partial charge on any atom is 0.191 e. The van der Waals surface area contributed by atoms with Gasteiger partial charge in [-0.15, -0.1) is 0 Å². The van der Waals surface area contributed by atoms with Crippen molar-refractivity contribution in [2.24, 2.45) is 10.9 Å². The molecule has 0 aromatic heterocycles. The van der Waals surface area contributed by atoms with Crippen molar-refractivity contribution >= 4 is 5.96 Å². The largest absolute Gasteiger partial charge is 0.379 e. The van der Waals surface area contributed by atoms with Crippen molar-refractivity contribution in [1.29, 1.82) is 0 Å². The van der Waals surface area contributed by atoms with Crippen LogP contribution in [-0.2, 0) is 4.74 Å². The summed E-state index contributed by atoms with van der Waals surface area (Å²) in [6.07, 6.45) is 5.20. The summed E-state index contributed by atoms with van der Waals surface area (Å²) in [5.74, 6) is 1.87. The van der Waals surface area contributed by atoms with Crippen LogP contribution in [-0.4, -0.2) is 61.8 Å². The summed E-state index contributed by atoms with van der Waals surface area (Å²) in [6.45, 7) is 13.5. The molecule has 1 aliphatic carbocycles. The Morgan fingerprint density at radius 2 is 2.00 bits per heavy atom. The summed E-state index contributed by atoms with van der Waals surface area (Å²) < 4.78 is 5.53. The highest BCUT2D eigenvalue weighted by Crippen LogP contribution is 2.23. The summed E-state index contributed by atoms with van der Waals surface area (Å²) in [7, 11) is 0. The van der Waals surface area contributed by atoms with Gasteiger partial charge in [-0.3, -0.25) is 9.89 Å². The van der Waals surface area contributed by atoms with E-state index in [4.69, 9.17) is 9.73 Å². The Morgan fingerprint density at radius 1 is 1.26 bits per heavy atom. The minimum atomic E-state index is 0.454. The second-order valence-corrected chi connectivity index (χ2v) is 7.33. The SMILES string of the molecule is CCNC(=NCC(C)N1CCOCC1C)NC1CCC(C)CC1. The molecule has 0 aromatic carbocycles. The van der Waals surface area contributed by atoms with Gasteiger partial charge < -0.3 is 15.4 Å². The lowest BCUT2D eigenvalue weighted by Crippen LogP contribution is -2.50. The van der Waals surface area contributed by atoms with Crippen LogP contribution < -0.4 is 10.6 Å². The molecular formula is C18H36N4O. The maximum absolute atomic E-state index is 5.53. The Labute approximate surface area is 142 Å². The zero-order chi connectivity index (χ0) is 16.7. The van der Waals surface area contributed by atoms with E-state index in [1.807, 2.05) is 0 Å². The van der Waals surface area contributed by atoms with E-state index >= 15 is 0 Å². The van der Waals surface area contributed by atoms with E-state index in [0.29, 0.717) is 18.1 Å². The van der Waals surface area contributed by atoms with Gasteiger partial charge in [0.05, 0.1) is 19.8 Å². The van der Waals surface area contributed by atoms with Crippen LogP contribution in [0.5, 0.6) is 0 Å². The Balaban J connectivity index is 1.84. The maximum atomic E-state index is 5.53. The fraction of sp³-hybridized carbons (Fsp3) is 0.944. The average Bonchev–Trinajstić information content (AvgIpc) is 2.55. The second kappa shape index (κ2) is 9.48. The van der Waals surface area contributed by atoms with Crippen molar-refractivity contribution in [3.8, 4) is 0 Å². The molecule has 2 unspecified atom stereocenters. The van der Waals surface area contributed by atoms with Gasteiger partial charge in [0.25, 0.3) is 0 Å². The van der Waals surface area contributed by atoms with Gasteiger partial charge in [-0.25, -0.2) is 0 Å². The van der Waals surface area contributed by atoms with E-state index in [2.05, 4.69) is 43.2 Å². The van der Waals surface area contributed by atoms with Crippen LogP contribution in [0, 0.1) is 5.92 Å². The number of ether oxygens (including phenoxy) is 1. The van der Waals surface area contributed by atoms with Crippen molar-refractivity contribution < 1.29 is 4.74 Å². The molecule has 1 heterocycles. The summed E-state index contributed by atoms with van der Waals surface area (Å²) >= 11 is 0. The van der Waals surface area contributed by atoms with Crippen molar-refractivity contribution in [3.05, 3.63) is 0 Å². The molecule has 2 fully saturated rings. The average molecular weight is 325 g/mol. The van der Waals surface area contributed by atoms with Crippen LogP contribution in [0.4, 0.5) is 0 Å². The van der Waals surface area contributed by atoms with Crippen LogP contribution >= 0.6 is 0 Å². The van der Waals surface area contributed by atoms with E-state index in [1.54, 1.807) is 0 Å². The molecule has 0 aromatic rings. The first-order valence-electron chi connectivity index (χ1n) is 9.48. The highest BCUT2D eigenvalue weighted by atomic mass is 16.5. The van der Waals surface area contributed by atoms with Crippen LogP contribution in [0.25, 0.3) is 0 Å². The van der Waals surface area contributed by atoms with Crippen molar-refractivity contribution in [1.82, 2.24) is 15.5 Å². The number of hydrogen-bond acceptors (Lipinski definition) is 3. The lowest BCUT2D eigenvalue weighted by molar-refractivity contribution is -0.0165. The van der Waals surface area contributed by atoms with E-state index in [-0.39, 0.29) is 0 Å². The molecule has 1 saturated heterocycles. The van der Waals surface area contributed by atoms with Crippen LogP contribution in [0.2, 0.25) is 0 Å². The smallest absolute Gasteiger partial charge is 0.191 e. The van der Waals surface area contributed by atoms with Crippen molar-refractivity contribution in [2.45, 2.75) is 71.5 Å². The zero-order valence-electron chi connectivity index (χ0n) is 15.5. The van der Waals surface area contributed by atoms with Gasteiger partial charge in [0.2, 0.25) is 0 Å². The number of hydrogen-bond donors (Lipinski definition) is 2. The molecule has 0 radical (unpaired) electrons. The highest BCUT2D eigenvalue weighted by Gasteiger charge is 2.24. The number of nitrogens with one attached hydrogen (secondary N) is 2. The van der Waals surface area contributed by atoms with Gasteiger partial charge in [0, 0.05) is 31.2 Å². The van der Waals surface area contributed by atoms with E-state index < -0.39 is 0 Å². The number of rotatable bonds is 5. The van der Waals surface area contributed by atoms with E-state index in [0.717, 1.165) is 44.7 Å². The molecule has 134 valence electrons. The normalized spacial score (nSPS) is 31.7. The predicted octanol–water partition coefficient (Wildman–Crippen LogP) is 2.23. The fourth-order valence-electron chi connectivity index (χ4n) is 3.64. The third-order valence-electron chi connectivity index (χ3n) is 5.20. The lowest BCUT2D eigenvalue weighted by Gasteiger charge is -2.37. The number of aliphatic imine (C=N–C) groups is 1. The Morgan fingerprint density at radius 3 is 2.65 bits per heavy atom. The molecule has 2 atom stereocenters. The number of nitrogens with zero attached hydrogens (tertiary/aromatic N) is 2. The molecule has 5 heteroatoms. The van der Waals surface area contributed by atoms with Crippen LogP contribution in [0.3, 0.4) is 0 Å². The Hall–Kier alpha value is -0.810. The monoisotopic (exact) mass is 324 g/mol. The number of morpholine rings is 1. The molecule has 5 nitrogen and oxygen atoms in total. The van der Waals surface area contributed by atoms with Gasteiger partial charge in [0.1, 0.15) is 0 Å². The first-order valence-corrected chi connectivity index (χ1v) is 9.48. The molecule has 1 saturated carbocycles. The summed E-state index contributed by atoms with van der Waals surface area (Å²) in [5.41, 5.74) is 0. The topological polar surface area (TPSA) is 48.9 Å². The van der Waals surface area contributed by atoms with Crippen molar-refractivity contribution in [3.63, 3.8) is 0 Å². The second-order valence-electron chi connectivity index (χ2n) is 7.33. The summed E-state index contributed by atoms with van der Waals surface area (Å²) in [6, 6.07) is 1.53. The standard InChI is InChI=1S/C18H36N4O/c1-5-19-18(21-17-8-6-14(2)7-9-17)20-12-15(3)22-10-11-23-13-16(22)4/h14-17H,5-13H2,1-4H3,(H2,19,20,21). The van der Waals surface area contributed by atoms with Crippen LogP contribution in [0.1, 0.15) is 53.4 Å². The number of guanidine groups is 1. The Bertz CT molecular complexity index is 366. The molecule has 23 heavy (non-hydrogen) atoms. The third-order valence-corrected chi connectivity index (χ3v) is 5.20. The van der Waals surface area contributed by atoms with Gasteiger partial charge in [-0.1, -0.05) is 6.92 Å². The molecule has 2 N–H and O–H groups in total. The molecular weight excluding hydrogens is 288 g/mol. The molecule has 1 aliphatic heterocycles. The first-order chi connectivity index (χ1) is 11.1. The van der Waals surface area contributed by atoms with E-state index in [9.17, 15) is 0 Å². The summed E-state index contributed by atoms with van der Waals surface area (Å²) in [4.78, 5) is 7.36. The molecule has 2 rings (SSSR count). The molecule has 0 spiro atoms. The van der Waals surface area contributed by atoms with E-state index in [1.165, 1.54) is 25.7 Å². The fourth-order valence-corrected chi connectivity index (χ4v) is 3.64. The van der Waals surface area contributed by atoms with Crippen LogP contribution in [0.15, 0.2) is 4.99 Å². The zero-order valence-corrected chi connectivity index (χ0v) is 15.5. The van der Waals surface area contributed by atoms with Gasteiger partial charge in [-0.05, 0) is 52.4 Å². The quantitative estimate of drug-likeness (QED) is 0.601. The molecule has 0 amide bonds. The van der Waals surface area contributed by atoms with Crippen molar-refractivity contribution in [2.75, 3.05) is 32.8 Å². The molecule has 2 aliphatic rings. The van der Waals surface area contributed by atoms with Gasteiger partial charge in [-0.2, -0.15) is 0 Å². The Kier molecular flexibility index (Phi) is 7.63. The highest BCUT2D eigenvalue weighted by molar-refractivity contribution is 5.80. The first kappa shape index (κ1) is 18.5. The van der Waals surface area contributed by atoms with Gasteiger partial charge >= 0.3 is 0 Å². The minimum absolute atomic E-state index is 0.454. The third kappa shape index (κ3) is 5.96. The minimum Gasteiger partial charge on any atom is -0.379 e. The summed E-state index contributed by atoms with van der Waals surface area (Å²) in [5, 5.41) is 7.05. The predicted molar refractivity (Wildman–Crippen MR) is 97.0 cm³/mol. The molecule has 0 bridgehead atoms. The lowest BCUT2D eigenvalue weighted by atomic mass is 9.87. The van der Waals surface area contributed by atoms with Gasteiger partial charge in [0.15, 0.2) is 5.96 Å².